The quantitative estimate of drug-likeness (QED) is 0.664. The number of amides is 1. The Hall–Kier alpha value is -3.68. The van der Waals surface area contributed by atoms with E-state index in [0.29, 0.717) is 19.0 Å². The first-order chi connectivity index (χ1) is 15.1. The average molecular weight is 416 g/mol. The lowest BCUT2D eigenvalue weighted by molar-refractivity contribution is -0.122. The Morgan fingerprint density at radius 3 is 2.74 bits per heavy atom. The van der Waals surface area contributed by atoms with Gasteiger partial charge < -0.3 is 5.32 Å². The van der Waals surface area contributed by atoms with Crippen LogP contribution in [0.3, 0.4) is 0 Å². The number of nitrogens with zero attached hydrogens (tertiary/aromatic N) is 5. The van der Waals surface area contributed by atoms with Gasteiger partial charge in [0.25, 0.3) is 0 Å². The molecule has 0 radical (unpaired) electrons. The van der Waals surface area contributed by atoms with E-state index in [2.05, 4.69) is 27.5 Å². The molecule has 1 atom stereocenters. The molecule has 158 valence electrons. The number of aryl methyl sites for hydroxylation is 1. The first-order valence-electron chi connectivity index (χ1n) is 10.6. The van der Waals surface area contributed by atoms with Gasteiger partial charge in [-0.05, 0) is 37.5 Å². The number of nitrogens with one attached hydrogen (secondary N) is 1. The molecule has 0 aliphatic carbocycles. The maximum Gasteiger partial charge on any atom is 0.352 e. The van der Waals surface area contributed by atoms with E-state index in [1.807, 2.05) is 54.3 Å². The van der Waals surface area contributed by atoms with Crippen molar-refractivity contribution < 1.29 is 4.79 Å². The molecule has 1 aromatic heterocycles. The zero-order valence-corrected chi connectivity index (χ0v) is 17.4. The van der Waals surface area contributed by atoms with Crippen LogP contribution in [0.2, 0.25) is 0 Å². The summed E-state index contributed by atoms with van der Waals surface area (Å²) in [6.45, 7) is 3.19. The van der Waals surface area contributed by atoms with E-state index in [9.17, 15) is 9.59 Å². The second-order valence-corrected chi connectivity index (χ2v) is 7.94. The van der Waals surface area contributed by atoms with Crippen LogP contribution < -0.4 is 15.9 Å². The molecule has 1 N–H and O–H groups in total. The van der Waals surface area contributed by atoms with Gasteiger partial charge in [-0.15, -0.1) is 5.10 Å². The summed E-state index contributed by atoms with van der Waals surface area (Å²) in [7, 11) is 0. The van der Waals surface area contributed by atoms with Gasteiger partial charge in [0.15, 0.2) is 0 Å². The number of carbonyl (C=O) groups excluding carboxylic acids is 1. The minimum Gasteiger partial charge on any atom is -0.352 e. The Balaban J connectivity index is 1.32. The van der Waals surface area contributed by atoms with Crippen LogP contribution in [0.5, 0.6) is 0 Å². The monoisotopic (exact) mass is 416 g/mol. The maximum atomic E-state index is 13.1. The summed E-state index contributed by atoms with van der Waals surface area (Å²) in [5.74, 6) is 1.13. The van der Waals surface area contributed by atoms with Crippen molar-refractivity contribution in [1.29, 1.82) is 0 Å². The van der Waals surface area contributed by atoms with Gasteiger partial charge in [0, 0.05) is 18.2 Å². The van der Waals surface area contributed by atoms with Crippen molar-refractivity contribution in [2.75, 3.05) is 18.0 Å². The molecule has 0 saturated heterocycles. The minimum atomic E-state index is -0.319. The van der Waals surface area contributed by atoms with Gasteiger partial charge in [-0.1, -0.05) is 42.5 Å². The van der Waals surface area contributed by atoms with Crippen molar-refractivity contribution in [3.05, 3.63) is 76.2 Å². The molecule has 2 aliphatic heterocycles. The maximum absolute atomic E-state index is 13.1. The number of amidine groups is 1. The smallest absolute Gasteiger partial charge is 0.352 e. The number of anilines is 1. The van der Waals surface area contributed by atoms with Gasteiger partial charge >= 0.3 is 5.69 Å². The highest BCUT2D eigenvalue weighted by atomic mass is 16.2. The van der Waals surface area contributed by atoms with Crippen molar-refractivity contribution in [3.63, 3.8) is 0 Å². The number of aliphatic imine (C=N–C) groups is 1. The molecule has 0 unspecified atom stereocenters. The molecule has 3 heterocycles. The van der Waals surface area contributed by atoms with E-state index in [4.69, 9.17) is 0 Å². The highest BCUT2D eigenvalue weighted by Gasteiger charge is 2.34. The zero-order valence-electron chi connectivity index (χ0n) is 17.4. The van der Waals surface area contributed by atoms with E-state index < -0.39 is 0 Å². The van der Waals surface area contributed by atoms with Crippen molar-refractivity contribution in [1.82, 2.24) is 19.7 Å². The number of carbonyl (C=O) groups is 1. The highest BCUT2D eigenvalue weighted by molar-refractivity contribution is 6.14. The number of rotatable bonds is 6. The molecule has 0 spiro atoms. The highest BCUT2D eigenvalue weighted by Crippen LogP contribution is 2.29. The van der Waals surface area contributed by atoms with E-state index in [1.54, 1.807) is 4.57 Å². The zero-order chi connectivity index (χ0) is 21.4. The lowest BCUT2D eigenvalue weighted by atomic mass is 10.1. The van der Waals surface area contributed by atoms with Crippen LogP contribution in [-0.4, -0.2) is 45.2 Å². The molecule has 3 aromatic rings. The Bertz CT molecular complexity index is 1210. The van der Waals surface area contributed by atoms with Gasteiger partial charge in [0.05, 0.1) is 12.2 Å². The summed E-state index contributed by atoms with van der Waals surface area (Å²) in [5, 5.41) is 7.47. The molecule has 2 aliphatic rings. The molecule has 1 amide bonds. The summed E-state index contributed by atoms with van der Waals surface area (Å²) in [4.78, 5) is 32.3. The third-order valence-corrected chi connectivity index (χ3v) is 5.70. The molecule has 8 heteroatoms. The van der Waals surface area contributed by atoms with Crippen LogP contribution in [0.15, 0.2) is 64.4 Å². The molecule has 0 bridgehead atoms. The number of aromatic nitrogens is 3. The largest absolute Gasteiger partial charge is 0.352 e. The van der Waals surface area contributed by atoms with E-state index in [0.717, 1.165) is 29.9 Å². The molecule has 2 aromatic carbocycles. The van der Waals surface area contributed by atoms with Crippen molar-refractivity contribution in [3.8, 4) is 5.69 Å². The lowest BCUT2D eigenvalue weighted by Crippen LogP contribution is -2.39. The van der Waals surface area contributed by atoms with Gasteiger partial charge in [0.2, 0.25) is 11.9 Å². The minimum absolute atomic E-state index is 0.00121. The fourth-order valence-corrected chi connectivity index (χ4v) is 4.17. The second-order valence-electron chi connectivity index (χ2n) is 7.94. The Morgan fingerprint density at radius 2 is 1.90 bits per heavy atom. The standard InChI is InChI=1S/C23H24N6O2/c1-16(11-12-17-7-3-2-4-8-17)25-20(30)15-28-23(31)29-19-10-6-5-9-18(19)21-24-13-14-27(21)22(29)26-28/h2-10,16H,11-15H2,1H3,(H,25,30)/t16-/m1/s1. The predicted molar refractivity (Wildman–Crippen MR) is 119 cm³/mol. The van der Waals surface area contributed by atoms with Crippen LogP contribution in [-0.2, 0) is 17.8 Å². The van der Waals surface area contributed by atoms with Crippen LogP contribution in [0.4, 0.5) is 5.95 Å². The second kappa shape index (κ2) is 7.86. The van der Waals surface area contributed by atoms with E-state index in [1.165, 1.54) is 10.2 Å². The molecular weight excluding hydrogens is 392 g/mol. The fourth-order valence-electron chi connectivity index (χ4n) is 4.17. The van der Waals surface area contributed by atoms with Gasteiger partial charge in [-0.3, -0.25) is 14.7 Å². The molecule has 8 nitrogen and oxygen atoms in total. The average Bonchev–Trinajstić information content (AvgIpc) is 3.39. The van der Waals surface area contributed by atoms with Crippen molar-refractivity contribution >= 4 is 17.7 Å². The molecule has 0 fully saturated rings. The number of para-hydroxylation sites is 1. The van der Waals surface area contributed by atoms with Crippen molar-refractivity contribution in [2.24, 2.45) is 4.99 Å². The third kappa shape index (κ3) is 3.54. The number of benzene rings is 2. The molecule has 5 rings (SSSR count). The van der Waals surface area contributed by atoms with Crippen molar-refractivity contribution in [2.45, 2.75) is 32.4 Å². The Labute approximate surface area is 179 Å². The van der Waals surface area contributed by atoms with Crippen LogP contribution in [0.1, 0.15) is 24.5 Å². The number of hydrogen-bond acceptors (Lipinski definition) is 5. The third-order valence-electron chi connectivity index (χ3n) is 5.70. The summed E-state index contributed by atoms with van der Waals surface area (Å²) >= 11 is 0. The van der Waals surface area contributed by atoms with Gasteiger partial charge in [0.1, 0.15) is 12.4 Å². The van der Waals surface area contributed by atoms with E-state index in [-0.39, 0.29) is 24.2 Å². The fraction of sp³-hybridized carbons (Fsp3) is 0.304. The first-order valence-corrected chi connectivity index (χ1v) is 10.6. The Morgan fingerprint density at radius 1 is 1.13 bits per heavy atom. The molecular formula is C23H24N6O2. The summed E-state index contributed by atoms with van der Waals surface area (Å²) < 4.78 is 2.82. The summed E-state index contributed by atoms with van der Waals surface area (Å²) in [6, 6.07) is 17.8. The van der Waals surface area contributed by atoms with Gasteiger partial charge in [-0.2, -0.15) is 0 Å². The molecule has 0 saturated carbocycles. The lowest BCUT2D eigenvalue weighted by Gasteiger charge is -2.26. The predicted octanol–water partition coefficient (Wildman–Crippen LogP) is 1.75. The van der Waals surface area contributed by atoms with Crippen LogP contribution in [0, 0.1) is 0 Å². The topological polar surface area (TPSA) is 84.5 Å². The SMILES string of the molecule is C[C@H](CCc1ccccc1)NC(=O)Cn1nc2n(c1=O)-c1ccccc1C1=NCCN12. The number of fused-ring (bicyclic) bond motifs is 6. The first kappa shape index (κ1) is 19.3. The van der Waals surface area contributed by atoms with Gasteiger partial charge in [-0.25, -0.2) is 14.0 Å². The summed E-state index contributed by atoms with van der Waals surface area (Å²) in [6.07, 6.45) is 1.71. The molecule has 31 heavy (non-hydrogen) atoms. The van der Waals surface area contributed by atoms with Crippen LogP contribution >= 0.6 is 0 Å². The number of hydrogen-bond donors (Lipinski definition) is 1. The normalized spacial score (nSPS) is 15.0. The van der Waals surface area contributed by atoms with Crippen LogP contribution in [0.25, 0.3) is 5.69 Å². The Kier molecular flexibility index (Phi) is 4.89. The van der Waals surface area contributed by atoms with E-state index >= 15 is 0 Å². The summed E-state index contributed by atoms with van der Waals surface area (Å²) in [5.41, 5.74) is 2.58.